The van der Waals surface area contributed by atoms with Gasteiger partial charge in [0.2, 0.25) is 5.91 Å². The van der Waals surface area contributed by atoms with Crippen molar-refractivity contribution in [3.63, 3.8) is 0 Å². The van der Waals surface area contributed by atoms with Crippen LogP contribution in [0.15, 0.2) is 24.3 Å². The number of hydrogen-bond donors (Lipinski definition) is 2. The van der Waals surface area contributed by atoms with Gasteiger partial charge in [-0.2, -0.15) is 0 Å². The molecule has 0 aromatic heterocycles. The molecule has 0 spiro atoms. The van der Waals surface area contributed by atoms with Gasteiger partial charge in [-0.05, 0) is 31.4 Å². The van der Waals surface area contributed by atoms with Crippen molar-refractivity contribution in [2.24, 2.45) is 5.73 Å². The van der Waals surface area contributed by atoms with Gasteiger partial charge in [-0.1, -0.05) is 29.8 Å². The molecule has 3 nitrogen and oxygen atoms in total. The average Bonchev–Trinajstić information content (AvgIpc) is 3.07. The molecule has 1 aromatic rings. The molecule has 100 valence electrons. The zero-order chi connectivity index (χ0) is 12.5. The second-order valence-corrected chi connectivity index (χ2v) is 5.17. The fourth-order valence-corrected chi connectivity index (χ4v) is 2.34. The van der Waals surface area contributed by atoms with E-state index >= 15 is 0 Å². The number of amides is 1. The summed E-state index contributed by atoms with van der Waals surface area (Å²) < 4.78 is 0. The number of halogens is 2. The summed E-state index contributed by atoms with van der Waals surface area (Å²) in [7, 11) is 0. The number of benzene rings is 1. The summed E-state index contributed by atoms with van der Waals surface area (Å²) in [5, 5.41) is 3.67. The molecule has 0 unspecified atom stereocenters. The Morgan fingerprint density at radius 3 is 2.61 bits per heavy atom. The summed E-state index contributed by atoms with van der Waals surface area (Å²) in [4.78, 5) is 11.5. The van der Waals surface area contributed by atoms with Crippen LogP contribution in [0.25, 0.3) is 0 Å². The Kier molecular flexibility index (Phi) is 5.02. The van der Waals surface area contributed by atoms with Crippen LogP contribution in [0, 0.1) is 0 Å². The van der Waals surface area contributed by atoms with Gasteiger partial charge < -0.3 is 11.1 Å². The number of nitrogens with one attached hydrogen (secondary N) is 1. The first-order valence-corrected chi connectivity index (χ1v) is 6.21. The summed E-state index contributed by atoms with van der Waals surface area (Å²) >= 11 is 6.19. The lowest BCUT2D eigenvalue weighted by atomic mass is 9.96. The molecular formula is C13H18Cl2N2O. The summed E-state index contributed by atoms with van der Waals surface area (Å²) in [6.07, 6.45) is 2.13. The SMILES string of the molecule is C[C@@H](N)C(=O)NCC1(c2ccccc2Cl)CC1.Cl. The van der Waals surface area contributed by atoms with Crippen LogP contribution in [-0.2, 0) is 10.2 Å². The van der Waals surface area contributed by atoms with Crippen molar-refractivity contribution < 1.29 is 4.79 Å². The number of rotatable bonds is 4. The van der Waals surface area contributed by atoms with Crippen LogP contribution in [-0.4, -0.2) is 18.5 Å². The van der Waals surface area contributed by atoms with E-state index in [9.17, 15) is 4.79 Å². The van der Waals surface area contributed by atoms with Gasteiger partial charge in [0.1, 0.15) is 0 Å². The molecule has 1 saturated carbocycles. The molecule has 2 rings (SSSR count). The number of nitrogens with two attached hydrogens (primary N) is 1. The largest absolute Gasteiger partial charge is 0.354 e. The predicted octanol–water partition coefficient (Wildman–Crippen LogP) is 2.26. The van der Waals surface area contributed by atoms with Gasteiger partial charge in [-0.15, -0.1) is 12.4 Å². The van der Waals surface area contributed by atoms with Gasteiger partial charge in [0.25, 0.3) is 0 Å². The minimum absolute atomic E-state index is 0. The topological polar surface area (TPSA) is 55.1 Å². The average molecular weight is 289 g/mol. The highest BCUT2D eigenvalue weighted by atomic mass is 35.5. The third kappa shape index (κ3) is 3.16. The third-order valence-electron chi connectivity index (χ3n) is 3.31. The summed E-state index contributed by atoms with van der Waals surface area (Å²) in [5.41, 5.74) is 6.68. The molecule has 1 aliphatic carbocycles. The van der Waals surface area contributed by atoms with Crippen molar-refractivity contribution in [3.05, 3.63) is 34.9 Å². The van der Waals surface area contributed by atoms with E-state index in [2.05, 4.69) is 5.32 Å². The lowest BCUT2D eigenvalue weighted by Gasteiger charge is -2.18. The fraction of sp³-hybridized carbons (Fsp3) is 0.462. The molecule has 0 radical (unpaired) electrons. The van der Waals surface area contributed by atoms with Crippen molar-refractivity contribution in [1.82, 2.24) is 5.32 Å². The van der Waals surface area contributed by atoms with Crippen molar-refractivity contribution in [1.29, 1.82) is 0 Å². The molecule has 1 amide bonds. The molecule has 1 aromatic carbocycles. The summed E-state index contributed by atoms with van der Waals surface area (Å²) in [5.74, 6) is -0.108. The smallest absolute Gasteiger partial charge is 0.236 e. The first-order valence-electron chi connectivity index (χ1n) is 5.83. The van der Waals surface area contributed by atoms with Gasteiger partial charge in [0, 0.05) is 17.0 Å². The van der Waals surface area contributed by atoms with Crippen LogP contribution < -0.4 is 11.1 Å². The third-order valence-corrected chi connectivity index (χ3v) is 3.64. The molecule has 0 saturated heterocycles. The predicted molar refractivity (Wildman–Crippen MR) is 76.3 cm³/mol. The Hall–Kier alpha value is -0.770. The minimum Gasteiger partial charge on any atom is -0.354 e. The number of hydrogen-bond acceptors (Lipinski definition) is 2. The van der Waals surface area contributed by atoms with Gasteiger partial charge in [-0.25, -0.2) is 0 Å². The minimum atomic E-state index is -0.461. The lowest BCUT2D eigenvalue weighted by Crippen LogP contribution is -2.41. The first kappa shape index (κ1) is 15.3. The summed E-state index contributed by atoms with van der Waals surface area (Å²) in [6, 6.07) is 7.37. The molecule has 0 bridgehead atoms. The Labute approximate surface area is 118 Å². The first-order chi connectivity index (χ1) is 8.05. The van der Waals surface area contributed by atoms with E-state index in [4.69, 9.17) is 17.3 Å². The van der Waals surface area contributed by atoms with E-state index in [1.807, 2.05) is 24.3 Å². The molecule has 3 N–H and O–H groups in total. The molecule has 18 heavy (non-hydrogen) atoms. The second-order valence-electron chi connectivity index (χ2n) is 4.77. The Bertz CT molecular complexity index is 431. The normalized spacial score (nSPS) is 17.5. The second kappa shape index (κ2) is 5.91. The van der Waals surface area contributed by atoms with Crippen LogP contribution in [0.5, 0.6) is 0 Å². The van der Waals surface area contributed by atoms with Gasteiger partial charge in [0.15, 0.2) is 0 Å². The highest BCUT2D eigenvalue weighted by molar-refractivity contribution is 6.31. The van der Waals surface area contributed by atoms with Crippen molar-refractivity contribution in [3.8, 4) is 0 Å². The summed E-state index contributed by atoms with van der Waals surface area (Å²) in [6.45, 7) is 2.31. The Morgan fingerprint density at radius 2 is 2.11 bits per heavy atom. The molecule has 0 aliphatic heterocycles. The molecular weight excluding hydrogens is 271 g/mol. The maximum atomic E-state index is 11.5. The molecule has 0 heterocycles. The van der Waals surface area contributed by atoms with Crippen molar-refractivity contribution in [2.45, 2.75) is 31.2 Å². The Balaban J connectivity index is 0.00000162. The quantitative estimate of drug-likeness (QED) is 0.893. The maximum Gasteiger partial charge on any atom is 0.236 e. The molecule has 1 fully saturated rings. The van der Waals surface area contributed by atoms with Gasteiger partial charge >= 0.3 is 0 Å². The van der Waals surface area contributed by atoms with E-state index < -0.39 is 6.04 Å². The molecule has 1 aliphatic rings. The monoisotopic (exact) mass is 288 g/mol. The lowest BCUT2D eigenvalue weighted by molar-refractivity contribution is -0.122. The maximum absolute atomic E-state index is 11.5. The highest BCUT2D eigenvalue weighted by Gasteiger charge is 2.45. The van der Waals surface area contributed by atoms with E-state index in [0.717, 1.165) is 23.4 Å². The van der Waals surface area contributed by atoms with Crippen LogP contribution in [0.1, 0.15) is 25.3 Å². The highest BCUT2D eigenvalue weighted by Crippen LogP contribution is 2.49. The van der Waals surface area contributed by atoms with Crippen LogP contribution >= 0.6 is 24.0 Å². The number of carbonyl (C=O) groups is 1. The van der Waals surface area contributed by atoms with Crippen LogP contribution in [0.4, 0.5) is 0 Å². The fourth-order valence-electron chi connectivity index (χ4n) is 2.00. The number of carbonyl (C=O) groups excluding carboxylic acids is 1. The zero-order valence-electron chi connectivity index (χ0n) is 10.3. The van der Waals surface area contributed by atoms with Crippen molar-refractivity contribution in [2.75, 3.05) is 6.54 Å². The van der Waals surface area contributed by atoms with Gasteiger partial charge in [-0.3, -0.25) is 4.79 Å². The van der Waals surface area contributed by atoms with Crippen LogP contribution in [0.3, 0.4) is 0 Å². The van der Waals surface area contributed by atoms with E-state index in [1.165, 1.54) is 0 Å². The van der Waals surface area contributed by atoms with E-state index in [1.54, 1.807) is 6.92 Å². The standard InChI is InChI=1S/C13H17ClN2O.ClH/c1-9(15)12(17)16-8-13(6-7-13)10-4-2-3-5-11(10)14;/h2-5,9H,6-8,15H2,1H3,(H,16,17);1H/t9-;/m1./s1. The van der Waals surface area contributed by atoms with Crippen molar-refractivity contribution >= 4 is 29.9 Å². The van der Waals surface area contributed by atoms with E-state index in [0.29, 0.717) is 6.54 Å². The van der Waals surface area contributed by atoms with Gasteiger partial charge in [0.05, 0.1) is 6.04 Å². The molecule has 5 heteroatoms. The zero-order valence-corrected chi connectivity index (χ0v) is 11.9. The van der Waals surface area contributed by atoms with E-state index in [-0.39, 0.29) is 23.7 Å². The molecule has 1 atom stereocenters. The Morgan fingerprint density at radius 1 is 1.50 bits per heavy atom. The van der Waals surface area contributed by atoms with Crippen LogP contribution in [0.2, 0.25) is 5.02 Å².